The highest BCUT2D eigenvalue weighted by Gasteiger charge is 2.10. The second kappa shape index (κ2) is 6.49. The molecule has 2 aromatic carbocycles. The molecule has 4 rings (SSSR count). The van der Waals surface area contributed by atoms with Gasteiger partial charge in [-0.25, -0.2) is 14.5 Å². The van der Waals surface area contributed by atoms with Crippen molar-refractivity contribution >= 4 is 27.5 Å². The van der Waals surface area contributed by atoms with Crippen LogP contribution < -0.4 is 0 Å². The van der Waals surface area contributed by atoms with Crippen molar-refractivity contribution in [3.05, 3.63) is 77.1 Å². The van der Waals surface area contributed by atoms with E-state index in [0.717, 1.165) is 26.6 Å². The first-order valence-electron chi connectivity index (χ1n) is 7.83. The van der Waals surface area contributed by atoms with E-state index in [1.54, 1.807) is 18.3 Å². The molecule has 0 aliphatic rings. The molecule has 2 heterocycles. The standard InChI is InChI=1S/C19H15N3O2S/c1-13-10-11-20-22(13)15-8-6-14(7-9-15)19(23)24-12-18-21-16-4-2-3-5-17(16)25-18/h2-11H,12H2,1H3. The maximum Gasteiger partial charge on any atom is 0.338 e. The van der Waals surface area contributed by atoms with Crippen molar-refractivity contribution < 1.29 is 9.53 Å². The fourth-order valence-corrected chi connectivity index (χ4v) is 3.45. The maximum absolute atomic E-state index is 12.2. The molecule has 0 bridgehead atoms. The summed E-state index contributed by atoms with van der Waals surface area (Å²) < 4.78 is 8.29. The van der Waals surface area contributed by atoms with Crippen LogP contribution in [0.4, 0.5) is 0 Å². The zero-order valence-corrected chi connectivity index (χ0v) is 14.4. The lowest BCUT2D eigenvalue weighted by Crippen LogP contribution is -2.06. The molecule has 0 saturated carbocycles. The van der Waals surface area contributed by atoms with E-state index in [1.165, 1.54) is 11.3 Å². The second-order valence-corrected chi connectivity index (χ2v) is 6.70. The number of hydrogen-bond acceptors (Lipinski definition) is 5. The topological polar surface area (TPSA) is 57.0 Å². The van der Waals surface area contributed by atoms with E-state index in [2.05, 4.69) is 10.1 Å². The molecule has 124 valence electrons. The number of benzene rings is 2. The molecular formula is C19H15N3O2S. The average molecular weight is 349 g/mol. The Hall–Kier alpha value is -2.99. The number of thiazole rings is 1. The van der Waals surface area contributed by atoms with Crippen molar-refractivity contribution in [3.8, 4) is 5.69 Å². The van der Waals surface area contributed by atoms with Crippen LogP contribution in [0.25, 0.3) is 15.9 Å². The van der Waals surface area contributed by atoms with Crippen LogP contribution in [0.1, 0.15) is 21.1 Å². The van der Waals surface area contributed by atoms with Gasteiger partial charge in [0, 0.05) is 11.9 Å². The predicted octanol–water partition coefficient (Wildman–Crippen LogP) is 4.15. The van der Waals surface area contributed by atoms with E-state index >= 15 is 0 Å². The molecule has 2 aromatic heterocycles. The van der Waals surface area contributed by atoms with E-state index in [-0.39, 0.29) is 12.6 Å². The molecule has 0 unspecified atom stereocenters. The first-order valence-corrected chi connectivity index (χ1v) is 8.65. The third kappa shape index (κ3) is 3.16. The summed E-state index contributed by atoms with van der Waals surface area (Å²) in [6.07, 6.45) is 1.75. The number of para-hydroxylation sites is 1. The van der Waals surface area contributed by atoms with Gasteiger partial charge in [0.25, 0.3) is 0 Å². The van der Waals surface area contributed by atoms with Gasteiger partial charge < -0.3 is 4.74 Å². The Labute approximate surface area is 148 Å². The summed E-state index contributed by atoms with van der Waals surface area (Å²) in [7, 11) is 0. The Morgan fingerprint density at radius 2 is 1.92 bits per heavy atom. The van der Waals surface area contributed by atoms with Gasteiger partial charge in [-0.2, -0.15) is 5.10 Å². The lowest BCUT2D eigenvalue weighted by Gasteiger charge is -2.06. The molecule has 0 radical (unpaired) electrons. The van der Waals surface area contributed by atoms with Crippen LogP contribution in [0, 0.1) is 6.92 Å². The number of carbonyl (C=O) groups is 1. The summed E-state index contributed by atoms with van der Waals surface area (Å²) in [5.74, 6) is -0.358. The summed E-state index contributed by atoms with van der Waals surface area (Å²) >= 11 is 1.54. The molecule has 0 spiro atoms. The maximum atomic E-state index is 12.2. The molecule has 0 fully saturated rings. The van der Waals surface area contributed by atoms with E-state index in [4.69, 9.17) is 4.74 Å². The number of nitrogens with zero attached hydrogens (tertiary/aromatic N) is 3. The smallest absolute Gasteiger partial charge is 0.338 e. The zero-order chi connectivity index (χ0) is 17.2. The lowest BCUT2D eigenvalue weighted by molar-refractivity contribution is 0.0472. The van der Waals surface area contributed by atoms with Gasteiger partial charge in [0.1, 0.15) is 11.6 Å². The average Bonchev–Trinajstić information content (AvgIpc) is 3.25. The van der Waals surface area contributed by atoms with Gasteiger partial charge in [-0.15, -0.1) is 11.3 Å². The molecular weight excluding hydrogens is 334 g/mol. The number of ether oxygens (including phenoxy) is 1. The second-order valence-electron chi connectivity index (χ2n) is 5.58. The molecule has 0 saturated heterocycles. The largest absolute Gasteiger partial charge is 0.455 e. The lowest BCUT2D eigenvalue weighted by atomic mass is 10.2. The van der Waals surface area contributed by atoms with Crippen LogP contribution in [0.5, 0.6) is 0 Å². The molecule has 25 heavy (non-hydrogen) atoms. The number of aryl methyl sites for hydroxylation is 1. The van der Waals surface area contributed by atoms with Gasteiger partial charge in [-0.3, -0.25) is 0 Å². The number of rotatable bonds is 4. The highest BCUT2D eigenvalue weighted by molar-refractivity contribution is 7.18. The molecule has 5 nitrogen and oxygen atoms in total. The summed E-state index contributed by atoms with van der Waals surface area (Å²) in [5.41, 5.74) is 3.38. The van der Waals surface area contributed by atoms with Crippen molar-refractivity contribution in [3.63, 3.8) is 0 Å². The summed E-state index contributed by atoms with van der Waals surface area (Å²) in [4.78, 5) is 16.7. The third-order valence-electron chi connectivity index (χ3n) is 3.84. The van der Waals surface area contributed by atoms with Crippen molar-refractivity contribution in [1.29, 1.82) is 0 Å². The number of carbonyl (C=O) groups excluding carboxylic acids is 1. The van der Waals surface area contributed by atoms with Gasteiger partial charge in [-0.05, 0) is 49.4 Å². The molecule has 0 aliphatic carbocycles. The van der Waals surface area contributed by atoms with Crippen molar-refractivity contribution in [2.75, 3.05) is 0 Å². The molecule has 0 N–H and O–H groups in total. The molecule has 0 aliphatic heterocycles. The van der Waals surface area contributed by atoms with Crippen molar-refractivity contribution in [1.82, 2.24) is 14.8 Å². The van der Waals surface area contributed by atoms with Crippen molar-refractivity contribution in [2.45, 2.75) is 13.5 Å². The minimum absolute atomic E-state index is 0.179. The van der Waals surface area contributed by atoms with Crippen LogP contribution in [-0.2, 0) is 11.3 Å². The number of hydrogen-bond donors (Lipinski definition) is 0. The minimum atomic E-state index is -0.358. The van der Waals surface area contributed by atoms with Crippen LogP contribution in [0.2, 0.25) is 0 Å². The summed E-state index contributed by atoms with van der Waals surface area (Å²) in [6, 6.07) is 17.0. The molecule has 6 heteroatoms. The highest BCUT2D eigenvalue weighted by atomic mass is 32.1. The minimum Gasteiger partial charge on any atom is -0.455 e. The Kier molecular flexibility index (Phi) is 4.03. The number of fused-ring (bicyclic) bond motifs is 1. The van der Waals surface area contributed by atoms with Crippen LogP contribution >= 0.6 is 11.3 Å². The quantitative estimate of drug-likeness (QED) is 0.519. The molecule has 4 aromatic rings. The molecule has 0 amide bonds. The van der Waals surface area contributed by atoms with Gasteiger partial charge in [-0.1, -0.05) is 12.1 Å². The number of esters is 1. The summed E-state index contributed by atoms with van der Waals surface area (Å²) in [6.45, 7) is 2.16. The Balaban J connectivity index is 1.45. The van der Waals surface area contributed by atoms with Gasteiger partial charge in [0.05, 0.1) is 21.5 Å². The fraction of sp³-hybridized carbons (Fsp3) is 0.105. The Morgan fingerprint density at radius 3 is 2.64 bits per heavy atom. The van der Waals surface area contributed by atoms with Crippen LogP contribution in [-0.4, -0.2) is 20.7 Å². The van der Waals surface area contributed by atoms with Gasteiger partial charge in [0.2, 0.25) is 0 Å². The predicted molar refractivity (Wildman–Crippen MR) is 97.0 cm³/mol. The Morgan fingerprint density at radius 1 is 1.12 bits per heavy atom. The SMILES string of the molecule is Cc1ccnn1-c1ccc(C(=O)OCc2nc3ccccc3s2)cc1. The van der Waals surface area contributed by atoms with E-state index in [9.17, 15) is 4.79 Å². The molecule has 0 atom stereocenters. The van der Waals surface area contributed by atoms with E-state index < -0.39 is 0 Å². The Bertz CT molecular complexity index is 1000. The first-order chi connectivity index (χ1) is 12.2. The fourth-order valence-electron chi connectivity index (χ4n) is 2.57. The van der Waals surface area contributed by atoms with E-state index in [0.29, 0.717) is 5.56 Å². The summed E-state index contributed by atoms with van der Waals surface area (Å²) in [5, 5.41) is 5.04. The van der Waals surface area contributed by atoms with Crippen LogP contribution in [0.15, 0.2) is 60.8 Å². The zero-order valence-electron chi connectivity index (χ0n) is 13.5. The normalized spacial score (nSPS) is 10.9. The highest BCUT2D eigenvalue weighted by Crippen LogP contribution is 2.22. The van der Waals surface area contributed by atoms with Gasteiger partial charge in [0.15, 0.2) is 0 Å². The van der Waals surface area contributed by atoms with Gasteiger partial charge >= 0.3 is 5.97 Å². The number of aromatic nitrogens is 3. The van der Waals surface area contributed by atoms with E-state index in [1.807, 2.05) is 54.1 Å². The monoisotopic (exact) mass is 349 g/mol. The van der Waals surface area contributed by atoms with Crippen molar-refractivity contribution in [2.24, 2.45) is 0 Å². The third-order valence-corrected chi connectivity index (χ3v) is 4.85. The van der Waals surface area contributed by atoms with Crippen LogP contribution in [0.3, 0.4) is 0 Å². The first kappa shape index (κ1) is 15.5.